The molecule has 1 saturated heterocycles. The molecule has 2 amide bonds. The zero-order valence-electron chi connectivity index (χ0n) is 15.6. The number of likely N-dealkylation sites (tertiary alicyclic amines) is 1. The SMILES string of the molecule is CC(NC(=O)N(C)Cc1nc(-c2ccncc2)no1)C1CCN(C)CC1. The third-order valence-corrected chi connectivity index (χ3v) is 4.95. The van der Waals surface area contributed by atoms with Crippen molar-refractivity contribution in [2.24, 2.45) is 5.92 Å². The monoisotopic (exact) mass is 358 g/mol. The second-order valence-electron chi connectivity index (χ2n) is 6.98. The van der Waals surface area contributed by atoms with E-state index in [-0.39, 0.29) is 18.6 Å². The normalized spacial score (nSPS) is 17.0. The van der Waals surface area contributed by atoms with E-state index in [0.717, 1.165) is 31.5 Å². The van der Waals surface area contributed by atoms with Crippen LogP contribution in [0.15, 0.2) is 29.0 Å². The quantitative estimate of drug-likeness (QED) is 0.880. The number of amides is 2. The molecule has 0 aliphatic carbocycles. The molecular formula is C18H26N6O2. The number of aromatic nitrogens is 3. The van der Waals surface area contributed by atoms with Gasteiger partial charge in [-0.15, -0.1) is 0 Å². The van der Waals surface area contributed by atoms with E-state index in [9.17, 15) is 4.79 Å². The number of urea groups is 1. The highest BCUT2D eigenvalue weighted by atomic mass is 16.5. The highest BCUT2D eigenvalue weighted by Crippen LogP contribution is 2.20. The Labute approximate surface area is 153 Å². The van der Waals surface area contributed by atoms with Gasteiger partial charge < -0.3 is 19.6 Å². The fourth-order valence-electron chi connectivity index (χ4n) is 3.16. The van der Waals surface area contributed by atoms with Crippen molar-refractivity contribution >= 4 is 6.03 Å². The minimum absolute atomic E-state index is 0.125. The highest BCUT2D eigenvalue weighted by molar-refractivity contribution is 5.74. The summed E-state index contributed by atoms with van der Waals surface area (Å²) in [5, 5.41) is 7.06. The molecule has 140 valence electrons. The van der Waals surface area contributed by atoms with Crippen LogP contribution in [-0.4, -0.2) is 64.2 Å². The number of piperidine rings is 1. The predicted molar refractivity (Wildman–Crippen MR) is 97.2 cm³/mol. The number of pyridine rings is 1. The zero-order chi connectivity index (χ0) is 18.5. The van der Waals surface area contributed by atoms with Gasteiger partial charge in [0.05, 0.1) is 0 Å². The average molecular weight is 358 g/mol. The zero-order valence-corrected chi connectivity index (χ0v) is 15.6. The third kappa shape index (κ3) is 4.57. The Morgan fingerprint density at radius 2 is 2.08 bits per heavy atom. The fourth-order valence-corrected chi connectivity index (χ4v) is 3.16. The van der Waals surface area contributed by atoms with Crippen molar-refractivity contribution in [1.29, 1.82) is 0 Å². The van der Waals surface area contributed by atoms with E-state index in [4.69, 9.17) is 4.52 Å². The van der Waals surface area contributed by atoms with E-state index in [1.165, 1.54) is 0 Å². The molecule has 1 unspecified atom stereocenters. The van der Waals surface area contributed by atoms with Gasteiger partial charge in [0.1, 0.15) is 6.54 Å². The summed E-state index contributed by atoms with van der Waals surface area (Å²) in [5.74, 6) is 1.42. The standard InChI is InChI=1S/C18H26N6O2/c1-13(14-6-10-23(2)11-7-14)20-18(25)24(3)12-16-21-17(22-26-16)15-4-8-19-9-5-15/h4-5,8-9,13-14H,6-7,10-12H2,1-3H3,(H,20,25). The maximum atomic E-state index is 12.4. The molecule has 1 aliphatic heterocycles. The lowest BCUT2D eigenvalue weighted by molar-refractivity contribution is 0.170. The molecule has 0 bridgehead atoms. The Bertz CT molecular complexity index is 711. The molecule has 1 fully saturated rings. The van der Waals surface area contributed by atoms with Crippen molar-refractivity contribution in [3.8, 4) is 11.4 Å². The van der Waals surface area contributed by atoms with Crippen LogP contribution in [0.1, 0.15) is 25.7 Å². The van der Waals surface area contributed by atoms with Crippen molar-refractivity contribution in [2.75, 3.05) is 27.2 Å². The summed E-state index contributed by atoms with van der Waals surface area (Å²) in [7, 11) is 3.87. The Balaban J connectivity index is 1.52. The lowest BCUT2D eigenvalue weighted by Gasteiger charge is -2.33. The summed E-state index contributed by atoms with van der Waals surface area (Å²) >= 11 is 0. The predicted octanol–water partition coefficient (Wildman–Crippen LogP) is 2.00. The summed E-state index contributed by atoms with van der Waals surface area (Å²) in [4.78, 5) is 24.7. The summed E-state index contributed by atoms with van der Waals surface area (Å²) in [5.41, 5.74) is 0.831. The topological polar surface area (TPSA) is 87.4 Å². The fraction of sp³-hybridized carbons (Fsp3) is 0.556. The third-order valence-electron chi connectivity index (χ3n) is 4.95. The minimum atomic E-state index is -0.125. The molecular weight excluding hydrogens is 332 g/mol. The first-order chi connectivity index (χ1) is 12.5. The van der Waals surface area contributed by atoms with Crippen LogP contribution >= 0.6 is 0 Å². The van der Waals surface area contributed by atoms with Gasteiger partial charge in [-0.3, -0.25) is 4.98 Å². The van der Waals surface area contributed by atoms with Crippen molar-refractivity contribution in [1.82, 2.24) is 30.2 Å². The molecule has 0 radical (unpaired) electrons. The molecule has 3 rings (SSSR count). The molecule has 2 aromatic rings. The molecule has 0 saturated carbocycles. The molecule has 2 aromatic heterocycles. The lowest BCUT2D eigenvalue weighted by Crippen LogP contribution is -2.47. The molecule has 1 aliphatic rings. The van der Waals surface area contributed by atoms with Crippen LogP contribution in [0.2, 0.25) is 0 Å². The Kier molecular flexibility index (Phi) is 5.82. The Morgan fingerprint density at radius 3 is 2.77 bits per heavy atom. The van der Waals surface area contributed by atoms with E-state index >= 15 is 0 Å². The second kappa shape index (κ2) is 8.27. The molecule has 1 atom stereocenters. The molecule has 26 heavy (non-hydrogen) atoms. The van der Waals surface area contributed by atoms with E-state index in [0.29, 0.717) is 17.6 Å². The molecule has 0 aromatic carbocycles. The van der Waals surface area contributed by atoms with Crippen LogP contribution in [0, 0.1) is 5.92 Å². The Morgan fingerprint density at radius 1 is 1.38 bits per heavy atom. The summed E-state index contributed by atoms with van der Waals surface area (Å²) < 4.78 is 5.26. The summed E-state index contributed by atoms with van der Waals surface area (Å²) in [6.07, 6.45) is 5.58. The molecule has 0 spiro atoms. The summed E-state index contributed by atoms with van der Waals surface area (Å²) in [6.45, 7) is 4.51. The van der Waals surface area contributed by atoms with Crippen molar-refractivity contribution in [3.63, 3.8) is 0 Å². The first-order valence-electron chi connectivity index (χ1n) is 8.96. The lowest BCUT2D eigenvalue weighted by atomic mass is 9.90. The van der Waals surface area contributed by atoms with Gasteiger partial charge in [0.25, 0.3) is 0 Å². The van der Waals surface area contributed by atoms with E-state index < -0.39 is 0 Å². The number of carbonyl (C=O) groups excluding carboxylic acids is 1. The van der Waals surface area contributed by atoms with Crippen LogP contribution < -0.4 is 5.32 Å². The van der Waals surface area contributed by atoms with Gasteiger partial charge in [0.15, 0.2) is 0 Å². The first kappa shape index (κ1) is 18.3. The Hall–Kier alpha value is -2.48. The van der Waals surface area contributed by atoms with Gasteiger partial charge in [-0.1, -0.05) is 5.16 Å². The second-order valence-corrected chi connectivity index (χ2v) is 6.98. The maximum absolute atomic E-state index is 12.4. The number of nitrogens with one attached hydrogen (secondary N) is 1. The van der Waals surface area contributed by atoms with Crippen molar-refractivity contribution < 1.29 is 9.32 Å². The van der Waals surface area contributed by atoms with Crippen molar-refractivity contribution in [3.05, 3.63) is 30.4 Å². The van der Waals surface area contributed by atoms with E-state index in [2.05, 4.69) is 39.3 Å². The molecule has 8 heteroatoms. The van der Waals surface area contributed by atoms with Crippen LogP contribution in [0.4, 0.5) is 4.79 Å². The largest absolute Gasteiger partial charge is 0.337 e. The van der Waals surface area contributed by atoms with Crippen LogP contribution in [0.5, 0.6) is 0 Å². The van der Waals surface area contributed by atoms with Crippen LogP contribution in [0.25, 0.3) is 11.4 Å². The maximum Gasteiger partial charge on any atom is 0.317 e. The van der Waals surface area contributed by atoms with Gasteiger partial charge in [0.2, 0.25) is 11.7 Å². The molecule has 3 heterocycles. The number of carbonyl (C=O) groups is 1. The van der Waals surface area contributed by atoms with Gasteiger partial charge in [0, 0.05) is 31.0 Å². The molecule has 1 N–H and O–H groups in total. The number of nitrogens with zero attached hydrogens (tertiary/aromatic N) is 5. The molecule has 8 nitrogen and oxygen atoms in total. The van der Waals surface area contributed by atoms with Crippen LogP contribution in [0.3, 0.4) is 0 Å². The number of hydrogen-bond acceptors (Lipinski definition) is 6. The van der Waals surface area contributed by atoms with Gasteiger partial charge in [-0.25, -0.2) is 4.79 Å². The minimum Gasteiger partial charge on any atom is -0.337 e. The smallest absolute Gasteiger partial charge is 0.317 e. The van der Waals surface area contributed by atoms with Crippen LogP contribution in [-0.2, 0) is 6.54 Å². The first-order valence-corrected chi connectivity index (χ1v) is 8.96. The van der Waals surface area contributed by atoms with E-state index in [1.807, 2.05) is 12.1 Å². The van der Waals surface area contributed by atoms with E-state index in [1.54, 1.807) is 24.3 Å². The average Bonchev–Trinajstić information content (AvgIpc) is 3.11. The number of hydrogen-bond donors (Lipinski definition) is 1. The van der Waals surface area contributed by atoms with Gasteiger partial charge >= 0.3 is 6.03 Å². The highest BCUT2D eigenvalue weighted by Gasteiger charge is 2.24. The van der Waals surface area contributed by atoms with Gasteiger partial charge in [-0.05, 0) is 58.0 Å². The van der Waals surface area contributed by atoms with Gasteiger partial charge in [-0.2, -0.15) is 4.98 Å². The summed E-state index contributed by atoms with van der Waals surface area (Å²) in [6, 6.07) is 3.65. The van der Waals surface area contributed by atoms with Crippen molar-refractivity contribution in [2.45, 2.75) is 32.4 Å². The number of rotatable bonds is 5.